The minimum absolute atomic E-state index is 0.0537. The number of nitrogens with one attached hydrogen (secondary N) is 5. The quantitative estimate of drug-likeness (QED) is 0.0178. The number of benzene rings is 3. The second kappa shape index (κ2) is 37.6. The first-order valence-corrected chi connectivity index (χ1v) is 40.2. The van der Waals surface area contributed by atoms with Crippen molar-refractivity contribution < 1.29 is 86.2 Å². The molecule has 0 spiro atoms. The molecule has 30 heteroatoms. The number of carboxylic acids is 1. The summed E-state index contributed by atoms with van der Waals surface area (Å²) in [4.78, 5) is 153. The predicted octanol–water partition coefficient (Wildman–Crippen LogP) is 10.2. The van der Waals surface area contributed by atoms with Crippen LogP contribution in [-0.4, -0.2) is 163 Å². The molecule has 28 nitrogen and oxygen atoms in total. The molecule has 0 radical (unpaired) electrons. The van der Waals surface area contributed by atoms with Gasteiger partial charge in [-0.05, 0) is 214 Å². The first kappa shape index (κ1) is 84.7. The van der Waals surface area contributed by atoms with Crippen LogP contribution in [0.15, 0.2) is 132 Å². The molecule has 9 amide bonds. The lowest BCUT2D eigenvalue weighted by atomic mass is 9.89. The number of carbonyl (C=O) groups excluding carboxylic acids is 11. The first-order chi connectivity index (χ1) is 52.9. The van der Waals surface area contributed by atoms with Crippen molar-refractivity contribution in [3.05, 3.63) is 172 Å². The molecule has 14 aliphatic rings. The number of carboxylic acid groups (broad SMARTS) is 2. The van der Waals surface area contributed by atoms with Gasteiger partial charge >= 0.3 is 18.2 Å². The van der Waals surface area contributed by atoms with Crippen LogP contribution < -0.4 is 31.5 Å². The van der Waals surface area contributed by atoms with Crippen molar-refractivity contribution in [2.75, 3.05) is 39.4 Å². The van der Waals surface area contributed by atoms with Gasteiger partial charge in [0.05, 0.1) is 28.2 Å². The maximum absolute atomic E-state index is 13.2. The van der Waals surface area contributed by atoms with Crippen LogP contribution in [0.1, 0.15) is 139 Å². The normalized spacial score (nSPS) is 31.7. The molecule has 14 unspecified atom stereocenters. The minimum atomic E-state index is -2.46. The fraction of sp³-hybridized carbons (Fsp3) is 0.506. The summed E-state index contributed by atoms with van der Waals surface area (Å²) in [5, 5.41) is 29.7. The molecule has 0 aromatic heterocycles. The van der Waals surface area contributed by atoms with Crippen LogP contribution in [0.3, 0.4) is 0 Å². The average molecular weight is 1550 g/mol. The molecule has 5 saturated carbocycles. The van der Waals surface area contributed by atoms with Crippen molar-refractivity contribution in [2.24, 2.45) is 93.7 Å². The molecule has 7 fully saturated rings. The number of amides is 9. The Labute approximate surface area is 644 Å². The number of aliphatic carboxylic acids is 1. The zero-order valence-electron chi connectivity index (χ0n) is 63.6. The van der Waals surface area contributed by atoms with Gasteiger partial charge in [0.15, 0.2) is 7.29 Å². The molecule has 7 N–H and O–H groups in total. The summed E-state index contributed by atoms with van der Waals surface area (Å²) in [6, 6.07) is 18.5. The Morgan fingerprint density at radius 2 is 1.05 bits per heavy atom. The van der Waals surface area contributed by atoms with Gasteiger partial charge in [-0.15, -0.1) is 0 Å². The van der Waals surface area contributed by atoms with Crippen molar-refractivity contribution in [2.45, 2.75) is 135 Å². The summed E-state index contributed by atoms with van der Waals surface area (Å²) in [6.07, 6.45) is 30.3. The molecular formula is C81H99FN11O17P. The van der Waals surface area contributed by atoms with Crippen LogP contribution in [0.25, 0.3) is 10.4 Å². The highest BCUT2D eigenvalue weighted by molar-refractivity contribution is 7.60. The third kappa shape index (κ3) is 19.7. The number of allylic oxidation sites excluding steroid dienone is 6. The highest BCUT2D eigenvalue weighted by Gasteiger charge is 2.50. The zero-order chi connectivity index (χ0) is 80.9. The Morgan fingerprint density at radius 1 is 0.622 bits per heavy atom. The van der Waals surface area contributed by atoms with Crippen LogP contribution in [0, 0.1) is 94.6 Å². The van der Waals surface area contributed by atoms with Crippen molar-refractivity contribution in [1.29, 1.82) is 0 Å². The van der Waals surface area contributed by atoms with Crippen LogP contribution in [0.2, 0.25) is 0 Å². The third-order valence-electron chi connectivity index (χ3n) is 24.1. The Hall–Kier alpha value is -10.3. The van der Waals surface area contributed by atoms with Gasteiger partial charge in [0, 0.05) is 54.7 Å². The molecule has 2 saturated heterocycles. The summed E-state index contributed by atoms with van der Waals surface area (Å²) in [6.45, 7) is 12.1. The molecule has 3 aromatic rings. The van der Waals surface area contributed by atoms with E-state index in [4.69, 9.17) is 34.9 Å². The number of ether oxygens (including phenoxy) is 1. The molecule has 111 heavy (non-hydrogen) atoms. The van der Waals surface area contributed by atoms with Gasteiger partial charge < -0.3 is 40.4 Å². The SMILES string of the molecule is CC1C2C=CC(C2)C1N(C)c1ccc2c(c1)C(=O)N(C1CCC(=O)NC1=O)C2=O.CN[C@H]1C2C=CC(C2)[C@@H]1C.CN[C@H]1C2C=CC(C2)[C@@H]1C.CP(C)(=O)N=[N+]=[N-].C[C@H]1C2C=CC(C2)[C@@H]1NC(=O)OCc1ccccc1.O=C(O)[C@@H]1CC2C=CC1C2.O=C1CCC(N2C(=O)c3ccc(F)cc3C2=O)C(=O)N1.O=C=O.O=CO. The van der Waals surface area contributed by atoms with Gasteiger partial charge in [-0.1, -0.05) is 119 Å². The number of halogens is 1. The van der Waals surface area contributed by atoms with E-state index in [1.54, 1.807) is 12.1 Å². The summed E-state index contributed by atoms with van der Waals surface area (Å²) in [5.74, 6) is 3.67. The minimum Gasteiger partial charge on any atom is -0.483 e. The predicted molar refractivity (Wildman–Crippen MR) is 406 cm³/mol. The van der Waals surface area contributed by atoms with E-state index in [1.807, 2.05) is 43.4 Å². The van der Waals surface area contributed by atoms with Gasteiger partial charge in [-0.25, -0.2) is 9.18 Å². The Balaban J connectivity index is 0.000000154. The number of azide groups is 1. The molecule has 17 rings (SSSR count). The number of rotatable bonds is 11. The van der Waals surface area contributed by atoms with E-state index in [2.05, 4.69) is 144 Å². The number of carbonyl (C=O) groups is 11. The van der Waals surface area contributed by atoms with Gasteiger partial charge in [-0.3, -0.25) is 68.4 Å². The number of fused-ring (bicyclic) bond motifs is 12. The maximum atomic E-state index is 13.2. The van der Waals surface area contributed by atoms with Crippen LogP contribution >= 0.6 is 7.29 Å². The number of nitrogens with zero attached hydrogens (tertiary/aromatic N) is 6. The Kier molecular flexibility index (Phi) is 28.7. The summed E-state index contributed by atoms with van der Waals surface area (Å²) in [5.41, 5.74) is 10.3. The molecule has 21 atom stereocenters. The van der Waals surface area contributed by atoms with E-state index in [0.717, 1.165) is 93.6 Å². The topological polar surface area (TPSA) is 407 Å². The number of imide groups is 4. The lowest BCUT2D eigenvalue weighted by Gasteiger charge is -2.35. The molecule has 4 heterocycles. The van der Waals surface area contributed by atoms with Gasteiger partial charge in [-0.2, -0.15) is 9.59 Å². The molecular weight excluding hydrogens is 1450 g/mol. The molecule has 10 aliphatic carbocycles. The van der Waals surface area contributed by atoms with Crippen molar-refractivity contribution in [3.63, 3.8) is 0 Å². The van der Waals surface area contributed by atoms with Gasteiger partial charge in [0.25, 0.3) is 30.1 Å². The van der Waals surface area contributed by atoms with Crippen molar-refractivity contribution in [3.8, 4) is 0 Å². The van der Waals surface area contributed by atoms with Gasteiger partial charge in [0.1, 0.15) is 24.5 Å². The molecule has 3 aromatic carbocycles. The fourth-order valence-corrected chi connectivity index (χ4v) is 18.6. The Bertz CT molecular complexity index is 4280. The number of hydrogen-bond acceptors (Lipinski definition) is 18. The van der Waals surface area contributed by atoms with E-state index in [9.17, 15) is 56.9 Å². The highest BCUT2D eigenvalue weighted by atomic mass is 31.2. The summed E-state index contributed by atoms with van der Waals surface area (Å²) < 4.78 is 28.8. The second-order valence-electron chi connectivity index (χ2n) is 30.9. The van der Waals surface area contributed by atoms with Crippen molar-refractivity contribution in [1.82, 2.24) is 36.4 Å². The first-order valence-electron chi connectivity index (χ1n) is 37.7. The number of piperidine rings is 2. The van der Waals surface area contributed by atoms with Crippen molar-refractivity contribution >= 4 is 84.9 Å². The lowest BCUT2D eigenvalue weighted by molar-refractivity contribution is -0.192. The smallest absolute Gasteiger partial charge is 0.407 e. The average Bonchev–Trinajstić information content (AvgIpc) is 1.60. The number of anilines is 1. The monoisotopic (exact) mass is 1550 g/mol. The van der Waals surface area contributed by atoms with Crippen LogP contribution in [-0.2, 0) is 54.3 Å². The third-order valence-corrected chi connectivity index (χ3v) is 24.6. The van der Waals surface area contributed by atoms with E-state index in [0.29, 0.717) is 71.1 Å². The lowest BCUT2D eigenvalue weighted by Crippen LogP contribution is -2.54. The summed E-state index contributed by atoms with van der Waals surface area (Å²) in [7, 11) is 3.74. The summed E-state index contributed by atoms with van der Waals surface area (Å²) >= 11 is 0. The molecule has 10 bridgehead atoms. The maximum Gasteiger partial charge on any atom is 0.407 e. The second-order valence-corrected chi connectivity index (χ2v) is 33.7. The van der Waals surface area contributed by atoms with E-state index in [-0.39, 0.29) is 73.4 Å². The largest absolute Gasteiger partial charge is 0.483 e. The molecule has 592 valence electrons. The fourth-order valence-electron chi connectivity index (χ4n) is 18.4. The van der Waals surface area contributed by atoms with E-state index >= 15 is 0 Å². The van der Waals surface area contributed by atoms with E-state index in [1.165, 1.54) is 45.1 Å². The standard InChI is InChI=1S/C22H23N3O4.C16H19NO2.C13H9FN2O4.2C9H15N.C8H10O2.C2H6N3OP.CH2O2.CO2/c1-11-12-3-4-13(9-12)19(11)24(2)14-5-6-15-16(10-14)22(29)25(21(15)28)17-7-8-18(26)23-20(17)27;1-11-13-7-8-14(9-13)15(11)17-16(18)19-10-12-5-3-2-4-6-12;14-6-1-2-7-8(5-6)13(20)16(12(7)19)9-3-4-10(17)15-11(9)18;2*1-6-7-3-4-8(5-7)9(6)10-2;9-8(10)7-4-5-1-2-6(7)3-5;1-7(2,6)5-4-3;2*2-1-3/h3-6,10-13,17,19H,7-9H2,1-2H3,(H,23,26,27);2-8,11,13-15H,9-10H2,1H3,(H,17,18);1-2,5,9H,3-4H2,(H,15,17,18);2*3-4,6-10H,5H2,1-2H3;1-2,5-7H,3-4H2,(H,9,10);1-2H3;1H,(H,2,3);/t;11-,13?,14?,15+;;2*6-,7?,8?,9+;5?,6?,7-;;;/m.0.001.../s1. The van der Waals surface area contributed by atoms with Crippen LogP contribution in [0.5, 0.6) is 0 Å². The van der Waals surface area contributed by atoms with Crippen LogP contribution in [0.4, 0.5) is 14.9 Å². The number of hydrogen-bond donors (Lipinski definition) is 7. The Morgan fingerprint density at radius 3 is 1.41 bits per heavy atom. The van der Waals surface area contributed by atoms with Gasteiger partial charge in [0.2, 0.25) is 23.6 Å². The zero-order valence-corrected chi connectivity index (χ0v) is 64.5. The number of alkyl carbamates (subject to hydrolysis) is 1. The highest BCUT2D eigenvalue weighted by Crippen LogP contribution is 2.49. The molecule has 4 aliphatic heterocycles. The van der Waals surface area contributed by atoms with E-state index < -0.39 is 72.5 Å².